The smallest absolute Gasteiger partial charge is 0.221 e. The Labute approximate surface area is 115 Å². The van der Waals surface area contributed by atoms with Gasteiger partial charge in [-0.15, -0.1) is 0 Å². The molecule has 2 N–H and O–H groups in total. The number of benzene rings is 1. The topological polar surface area (TPSA) is 41.1 Å². The highest BCUT2D eigenvalue weighted by molar-refractivity contribution is 5.75. The third-order valence-corrected chi connectivity index (χ3v) is 3.95. The largest absolute Gasteiger partial charge is 0.359 e. The molecule has 1 atom stereocenters. The van der Waals surface area contributed by atoms with Crippen LogP contribution in [0.15, 0.2) is 18.2 Å². The summed E-state index contributed by atoms with van der Waals surface area (Å²) < 4.78 is 0. The first-order valence-electron chi connectivity index (χ1n) is 7.26. The molecule has 1 amide bonds. The molecule has 104 valence electrons. The average molecular weight is 260 g/mol. The highest BCUT2D eigenvalue weighted by Crippen LogP contribution is 2.24. The molecular weight excluding hydrogens is 236 g/mol. The van der Waals surface area contributed by atoms with Gasteiger partial charge < -0.3 is 10.6 Å². The molecule has 0 fully saturated rings. The van der Waals surface area contributed by atoms with Gasteiger partial charge in [0.05, 0.1) is 0 Å². The molecule has 0 heterocycles. The molecule has 0 radical (unpaired) electrons. The van der Waals surface area contributed by atoms with E-state index >= 15 is 0 Å². The van der Waals surface area contributed by atoms with Crippen LogP contribution in [0.5, 0.6) is 0 Å². The molecule has 2 rings (SSSR count). The molecule has 0 saturated carbocycles. The molecule has 1 unspecified atom stereocenters. The Hall–Kier alpha value is -1.35. The Kier molecular flexibility index (Phi) is 4.97. The van der Waals surface area contributed by atoms with E-state index < -0.39 is 0 Å². The molecule has 19 heavy (non-hydrogen) atoms. The lowest BCUT2D eigenvalue weighted by Gasteiger charge is -2.20. The molecule has 1 aliphatic carbocycles. The first-order chi connectivity index (χ1) is 9.20. The molecule has 3 heteroatoms. The Morgan fingerprint density at radius 1 is 1.26 bits per heavy atom. The average Bonchev–Trinajstić information content (AvgIpc) is 2.46. The summed E-state index contributed by atoms with van der Waals surface area (Å²) in [5.74, 6) is 0.0881. The van der Waals surface area contributed by atoms with Crippen molar-refractivity contribution in [2.45, 2.75) is 45.1 Å². The minimum Gasteiger partial charge on any atom is -0.359 e. The number of carbonyl (C=O) groups is 1. The fourth-order valence-corrected chi connectivity index (χ4v) is 2.67. The van der Waals surface area contributed by atoms with Gasteiger partial charge in [0, 0.05) is 26.1 Å². The maximum absolute atomic E-state index is 11.2. The zero-order valence-electron chi connectivity index (χ0n) is 12.0. The number of carbonyl (C=O) groups excluding carboxylic acids is 1. The predicted molar refractivity (Wildman–Crippen MR) is 78.2 cm³/mol. The predicted octanol–water partition coefficient (Wildman–Crippen LogP) is 2.35. The highest BCUT2D eigenvalue weighted by Gasteiger charge is 2.12. The Balaban J connectivity index is 1.91. The maximum atomic E-state index is 11.2. The van der Waals surface area contributed by atoms with Crippen LogP contribution in [0.3, 0.4) is 0 Å². The van der Waals surface area contributed by atoms with E-state index in [1.807, 2.05) is 0 Å². The van der Waals surface area contributed by atoms with Crippen LogP contribution in [0.2, 0.25) is 0 Å². The molecule has 3 nitrogen and oxygen atoms in total. The molecule has 1 aliphatic rings. The fourth-order valence-electron chi connectivity index (χ4n) is 2.67. The van der Waals surface area contributed by atoms with Gasteiger partial charge in [-0.2, -0.15) is 0 Å². The van der Waals surface area contributed by atoms with Crippen molar-refractivity contribution in [2.24, 2.45) is 0 Å². The normalized spacial score (nSPS) is 15.7. The van der Waals surface area contributed by atoms with Crippen LogP contribution in [0.4, 0.5) is 0 Å². The Morgan fingerprint density at radius 3 is 2.74 bits per heavy atom. The zero-order valence-corrected chi connectivity index (χ0v) is 12.0. The van der Waals surface area contributed by atoms with E-state index in [9.17, 15) is 4.79 Å². The lowest BCUT2D eigenvalue weighted by atomic mass is 9.89. The van der Waals surface area contributed by atoms with Gasteiger partial charge >= 0.3 is 0 Å². The third kappa shape index (κ3) is 3.80. The number of rotatable bonds is 5. The summed E-state index contributed by atoms with van der Waals surface area (Å²) in [5, 5.41) is 6.05. The molecule has 1 aromatic rings. The van der Waals surface area contributed by atoms with Crippen LogP contribution < -0.4 is 10.6 Å². The third-order valence-electron chi connectivity index (χ3n) is 3.95. The van der Waals surface area contributed by atoms with Crippen LogP contribution in [0, 0.1) is 0 Å². The standard InChI is InChI=1S/C16H24N2O/c1-12(18-10-9-16(19)17-2)14-8-7-13-5-3-4-6-15(13)11-14/h7-8,11-12,18H,3-6,9-10H2,1-2H3,(H,17,19). The summed E-state index contributed by atoms with van der Waals surface area (Å²) in [6, 6.07) is 7.14. The Bertz CT molecular complexity index is 442. The van der Waals surface area contributed by atoms with E-state index in [-0.39, 0.29) is 5.91 Å². The fraction of sp³-hybridized carbons (Fsp3) is 0.562. The minimum absolute atomic E-state index is 0.0881. The van der Waals surface area contributed by atoms with Gasteiger partial charge in [-0.3, -0.25) is 4.79 Å². The van der Waals surface area contributed by atoms with Crippen molar-refractivity contribution >= 4 is 5.91 Å². The SMILES string of the molecule is CNC(=O)CCNC(C)c1ccc2c(c1)CCCC2. The van der Waals surface area contributed by atoms with Crippen LogP contribution in [-0.4, -0.2) is 19.5 Å². The quantitative estimate of drug-likeness (QED) is 0.853. The van der Waals surface area contributed by atoms with Crippen LogP contribution in [0.25, 0.3) is 0 Å². The minimum atomic E-state index is 0.0881. The van der Waals surface area contributed by atoms with Crippen molar-refractivity contribution in [3.05, 3.63) is 34.9 Å². The summed E-state index contributed by atoms with van der Waals surface area (Å²) in [6.45, 7) is 2.88. The van der Waals surface area contributed by atoms with E-state index in [1.54, 1.807) is 7.05 Å². The molecular formula is C16H24N2O. The Morgan fingerprint density at radius 2 is 2.00 bits per heavy atom. The van der Waals surface area contributed by atoms with Crippen LogP contribution >= 0.6 is 0 Å². The van der Waals surface area contributed by atoms with Gasteiger partial charge in [0.1, 0.15) is 0 Å². The second-order valence-corrected chi connectivity index (χ2v) is 5.33. The summed E-state index contributed by atoms with van der Waals surface area (Å²) in [5.41, 5.74) is 4.37. The van der Waals surface area contributed by atoms with E-state index in [1.165, 1.54) is 42.4 Å². The van der Waals surface area contributed by atoms with Gasteiger partial charge in [-0.05, 0) is 49.3 Å². The van der Waals surface area contributed by atoms with Crippen LogP contribution in [0.1, 0.15) is 48.9 Å². The first-order valence-corrected chi connectivity index (χ1v) is 7.26. The number of amides is 1. The zero-order chi connectivity index (χ0) is 13.7. The number of fused-ring (bicyclic) bond motifs is 1. The van der Waals surface area contributed by atoms with Crippen molar-refractivity contribution in [2.75, 3.05) is 13.6 Å². The van der Waals surface area contributed by atoms with Crippen molar-refractivity contribution in [1.82, 2.24) is 10.6 Å². The van der Waals surface area contributed by atoms with Gasteiger partial charge in [0.15, 0.2) is 0 Å². The molecule has 0 saturated heterocycles. The number of aryl methyl sites for hydroxylation is 2. The summed E-state index contributed by atoms with van der Waals surface area (Å²) in [7, 11) is 1.68. The van der Waals surface area contributed by atoms with Crippen molar-refractivity contribution in [3.8, 4) is 0 Å². The number of hydrogen-bond donors (Lipinski definition) is 2. The van der Waals surface area contributed by atoms with E-state index in [2.05, 4.69) is 35.8 Å². The van der Waals surface area contributed by atoms with Gasteiger partial charge in [0.2, 0.25) is 5.91 Å². The van der Waals surface area contributed by atoms with E-state index in [0.717, 1.165) is 6.54 Å². The first kappa shape index (κ1) is 14.1. The van der Waals surface area contributed by atoms with Crippen molar-refractivity contribution in [1.29, 1.82) is 0 Å². The summed E-state index contributed by atoms with van der Waals surface area (Å²) in [4.78, 5) is 11.2. The second-order valence-electron chi connectivity index (χ2n) is 5.33. The monoisotopic (exact) mass is 260 g/mol. The van der Waals surface area contributed by atoms with Gasteiger partial charge in [-0.1, -0.05) is 18.2 Å². The van der Waals surface area contributed by atoms with E-state index in [0.29, 0.717) is 12.5 Å². The molecule has 1 aromatic carbocycles. The lowest BCUT2D eigenvalue weighted by Crippen LogP contribution is -2.26. The number of nitrogens with one attached hydrogen (secondary N) is 2. The second kappa shape index (κ2) is 6.71. The van der Waals surface area contributed by atoms with E-state index in [4.69, 9.17) is 0 Å². The molecule has 0 bridgehead atoms. The lowest BCUT2D eigenvalue weighted by molar-refractivity contribution is -0.120. The molecule has 0 aliphatic heterocycles. The van der Waals surface area contributed by atoms with Gasteiger partial charge in [-0.25, -0.2) is 0 Å². The highest BCUT2D eigenvalue weighted by atomic mass is 16.1. The van der Waals surface area contributed by atoms with Crippen LogP contribution in [-0.2, 0) is 17.6 Å². The summed E-state index contributed by atoms with van der Waals surface area (Å²) in [6.07, 6.45) is 5.62. The number of hydrogen-bond acceptors (Lipinski definition) is 2. The van der Waals surface area contributed by atoms with Gasteiger partial charge in [0.25, 0.3) is 0 Å². The van der Waals surface area contributed by atoms with Crippen molar-refractivity contribution < 1.29 is 4.79 Å². The van der Waals surface area contributed by atoms with Crippen molar-refractivity contribution in [3.63, 3.8) is 0 Å². The molecule has 0 spiro atoms. The summed E-state index contributed by atoms with van der Waals surface area (Å²) >= 11 is 0. The molecule has 0 aromatic heterocycles. The maximum Gasteiger partial charge on any atom is 0.221 e.